The minimum atomic E-state index is 0. The van der Waals surface area contributed by atoms with E-state index in [1.54, 1.807) is 7.05 Å². The van der Waals surface area contributed by atoms with Crippen molar-refractivity contribution in [2.24, 2.45) is 18.0 Å². The number of hydrogen-bond acceptors (Lipinski definition) is 3. The highest BCUT2D eigenvalue weighted by Crippen LogP contribution is 2.10. The molecule has 1 aromatic rings. The van der Waals surface area contributed by atoms with Crippen molar-refractivity contribution in [2.75, 3.05) is 20.1 Å². The molecule has 23 heavy (non-hydrogen) atoms. The SMILES string of the molecule is CN=C(NCCNC(=O)C(C)C)NCc1c(C)nn(C)c1C.I. The Labute approximate surface area is 155 Å². The highest BCUT2D eigenvalue weighted by atomic mass is 127. The largest absolute Gasteiger partial charge is 0.355 e. The molecule has 8 heteroatoms. The standard InChI is InChI=1S/C15H28N6O.HI/c1-10(2)14(22)17-7-8-18-15(16-5)19-9-13-11(3)20-21(6)12(13)4;/h10H,7-9H2,1-6H3,(H,17,22)(H2,16,18,19);1H. The summed E-state index contributed by atoms with van der Waals surface area (Å²) >= 11 is 0. The van der Waals surface area contributed by atoms with Crippen molar-refractivity contribution < 1.29 is 4.79 Å². The monoisotopic (exact) mass is 436 g/mol. The van der Waals surface area contributed by atoms with Crippen LogP contribution >= 0.6 is 24.0 Å². The van der Waals surface area contributed by atoms with Crippen LogP contribution in [0.2, 0.25) is 0 Å². The van der Waals surface area contributed by atoms with Crippen LogP contribution in [0, 0.1) is 19.8 Å². The maximum Gasteiger partial charge on any atom is 0.222 e. The molecule has 1 rings (SSSR count). The molecule has 0 radical (unpaired) electrons. The molecule has 0 saturated heterocycles. The van der Waals surface area contributed by atoms with Gasteiger partial charge in [-0.3, -0.25) is 14.5 Å². The van der Waals surface area contributed by atoms with E-state index in [1.807, 2.05) is 32.5 Å². The molecule has 0 saturated carbocycles. The van der Waals surface area contributed by atoms with Crippen molar-refractivity contribution in [2.45, 2.75) is 34.2 Å². The quantitative estimate of drug-likeness (QED) is 0.270. The van der Waals surface area contributed by atoms with E-state index in [-0.39, 0.29) is 35.8 Å². The van der Waals surface area contributed by atoms with Crippen molar-refractivity contribution >= 4 is 35.8 Å². The summed E-state index contributed by atoms with van der Waals surface area (Å²) in [5.74, 6) is 0.779. The lowest BCUT2D eigenvalue weighted by atomic mass is 10.2. The fourth-order valence-corrected chi connectivity index (χ4v) is 2.04. The highest BCUT2D eigenvalue weighted by Gasteiger charge is 2.10. The minimum absolute atomic E-state index is 0. The molecule has 1 heterocycles. The molecular weight excluding hydrogens is 407 g/mol. The minimum Gasteiger partial charge on any atom is -0.355 e. The Bertz CT molecular complexity index is 538. The lowest BCUT2D eigenvalue weighted by Gasteiger charge is -2.13. The van der Waals surface area contributed by atoms with Crippen LogP contribution in [-0.4, -0.2) is 41.8 Å². The van der Waals surface area contributed by atoms with Crippen LogP contribution in [-0.2, 0) is 18.4 Å². The lowest BCUT2D eigenvalue weighted by molar-refractivity contribution is -0.123. The van der Waals surface area contributed by atoms with Crippen LogP contribution in [0.4, 0.5) is 0 Å². The number of aryl methyl sites for hydroxylation is 2. The van der Waals surface area contributed by atoms with Crippen LogP contribution < -0.4 is 16.0 Å². The molecule has 0 spiro atoms. The summed E-state index contributed by atoms with van der Waals surface area (Å²) in [4.78, 5) is 15.6. The number of hydrogen-bond donors (Lipinski definition) is 3. The number of guanidine groups is 1. The zero-order valence-electron chi connectivity index (χ0n) is 14.9. The van der Waals surface area contributed by atoms with Crippen molar-refractivity contribution in [1.82, 2.24) is 25.7 Å². The topological polar surface area (TPSA) is 83.3 Å². The van der Waals surface area contributed by atoms with E-state index in [2.05, 4.69) is 33.0 Å². The van der Waals surface area contributed by atoms with Crippen LogP contribution in [0.15, 0.2) is 4.99 Å². The third-order valence-electron chi connectivity index (χ3n) is 3.56. The van der Waals surface area contributed by atoms with Crippen LogP contribution in [0.5, 0.6) is 0 Å². The van der Waals surface area contributed by atoms with Gasteiger partial charge >= 0.3 is 0 Å². The number of carbonyl (C=O) groups excluding carboxylic acids is 1. The molecule has 132 valence electrons. The van der Waals surface area contributed by atoms with Gasteiger partial charge in [-0.25, -0.2) is 0 Å². The lowest BCUT2D eigenvalue weighted by Crippen LogP contribution is -2.41. The van der Waals surface area contributed by atoms with Crippen molar-refractivity contribution in [3.05, 3.63) is 17.0 Å². The summed E-state index contributed by atoms with van der Waals surface area (Å²) in [5, 5.41) is 13.7. The molecule has 0 atom stereocenters. The summed E-state index contributed by atoms with van der Waals surface area (Å²) in [5.41, 5.74) is 3.34. The fraction of sp³-hybridized carbons (Fsp3) is 0.667. The van der Waals surface area contributed by atoms with Crippen LogP contribution in [0.25, 0.3) is 0 Å². The van der Waals surface area contributed by atoms with E-state index in [1.165, 1.54) is 5.56 Å². The van der Waals surface area contributed by atoms with Gasteiger partial charge in [0.2, 0.25) is 5.91 Å². The summed E-state index contributed by atoms with van der Waals surface area (Å²) in [7, 11) is 3.67. The van der Waals surface area contributed by atoms with Gasteiger partial charge in [0.1, 0.15) is 0 Å². The molecule has 0 aliphatic carbocycles. The fourth-order valence-electron chi connectivity index (χ4n) is 2.04. The van der Waals surface area contributed by atoms with E-state index < -0.39 is 0 Å². The molecule has 0 aliphatic rings. The number of rotatable bonds is 6. The summed E-state index contributed by atoms with van der Waals surface area (Å²) in [6.07, 6.45) is 0. The van der Waals surface area contributed by atoms with E-state index >= 15 is 0 Å². The molecule has 0 aliphatic heterocycles. The average Bonchev–Trinajstić information content (AvgIpc) is 2.71. The van der Waals surface area contributed by atoms with Gasteiger partial charge < -0.3 is 16.0 Å². The maximum atomic E-state index is 11.5. The smallest absolute Gasteiger partial charge is 0.222 e. The molecule has 0 fully saturated rings. The molecule has 1 amide bonds. The number of nitrogens with zero attached hydrogens (tertiary/aromatic N) is 3. The molecule has 3 N–H and O–H groups in total. The van der Waals surface area contributed by atoms with Gasteiger partial charge in [-0.15, -0.1) is 24.0 Å². The van der Waals surface area contributed by atoms with Crippen molar-refractivity contribution in [3.8, 4) is 0 Å². The van der Waals surface area contributed by atoms with E-state index in [0.29, 0.717) is 25.6 Å². The first-order valence-corrected chi connectivity index (χ1v) is 7.58. The molecule has 7 nitrogen and oxygen atoms in total. The third-order valence-corrected chi connectivity index (χ3v) is 3.56. The van der Waals surface area contributed by atoms with Gasteiger partial charge in [0.25, 0.3) is 0 Å². The molecule has 0 unspecified atom stereocenters. The number of aliphatic imine (C=N–C) groups is 1. The first kappa shape index (κ1) is 21.7. The zero-order chi connectivity index (χ0) is 16.7. The molecule has 0 aromatic carbocycles. The number of carbonyl (C=O) groups is 1. The number of aromatic nitrogens is 2. The number of amides is 1. The van der Waals surface area contributed by atoms with Crippen LogP contribution in [0.1, 0.15) is 30.8 Å². The predicted molar refractivity (Wildman–Crippen MR) is 104 cm³/mol. The Morgan fingerprint density at radius 1 is 1.22 bits per heavy atom. The van der Waals surface area contributed by atoms with Gasteiger partial charge in [-0.2, -0.15) is 5.10 Å². The molecule has 1 aromatic heterocycles. The number of nitrogens with one attached hydrogen (secondary N) is 3. The van der Waals surface area contributed by atoms with Gasteiger partial charge in [0, 0.05) is 50.9 Å². The third kappa shape index (κ3) is 6.76. The van der Waals surface area contributed by atoms with E-state index in [4.69, 9.17) is 0 Å². The summed E-state index contributed by atoms with van der Waals surface area (Å²) in [6.45, 7) is 9.68. The average molecular weight is 436 g/mol. The second kappa shape index (κ2) is 10.5. The second-order valence-corrected chi connectivity index (χ2v) is 5.57. The van der Waals surface area contributed by atoms with Gasteiger partial charge in [-0.1, -0.05) is 13.8 Å². The van der Waals surface area contributed by atoms with Gasteiger partial charge in [-0.05, 0) is 13.8 Å². The first-order valence-electron chi connectivity index (χ1n) is 7.58. The number of halogens is 1. The molecular formula is C15H29IN6O. The Morgan fingerprint density at radius 3 is 2.30 bits per heavy atom. The Kier molecular flexibility index (Phi) is 9.85. The van der Waals surface area contributed by atoms with Crippen LogP contribution in [0.3, 0.4) is 0 Å². The predicted octanol–water partition coefficient (Wildman–Crippen LogP) is 1.09. The normalized spacial score (nSPS) is 11.2. The summed E-state index contributed by atoms with van der Waals surface area (Å²) in [6, 6.07) is 0. The van der Waals surface area contributed by atoms with Gasteiger partial charge in [0.15, 0.2) is 5.96 Å². The summed E-state index contributed by atoms with van der Waals surface area (Å²) < 4.78 is 1.88. The Hall–Kier alpha value is -1.32. The first-order chi connectivity index (χ1) is 10.4. The van der Waals surface area contributed by atoms with Crippen molar-refractivity contribution in [3.63, 3.8) is 0 Å². The van der Waals surface area contributed by atoms with E-state index in [9.17, 15) is 4.79 Å². The zero-order valence-corrected chi connectivity index (χ0v) is 17.2. The highest BCUT2D eigenvalue weighted by molar-refractivity contribution is 14.0. The van der Waals surface area contributed by atoms with E-state index in [0.717, 1.165) is 11.4 Å². The van der Waals surface area contributed by atoms with Gasteiger partial charge in [0.05, 0.1) is 5.69 Å². The Balaban J connectivity index is 0.00000484. The second-order valence-electron chi connectivity index (χ2n) is 5.57. The maximum absolute atomic E-state index is 11.5. The Morgan fingerprint density at radius 2 is 1.83 bits per heavy atom. The van der Waals surface area contributed by atoms with Crippen molar-refractivity contribution in [1.29, 1.82) is 0 Å². The molecule has 0 bridgehead atoms.